The summed E-state index contributed by atoms with van der Waals surface area (Å²) in [6, 6.07) is 2.10. The lowest BCUT2D eigenvalue weighted by Crippen LogP contribution is -2.58. The third-order valence-electron chi connectivity index (χ3n) is 11.2. The summed E-state index contributed by atoms with van der Waals surface area (Å²) in [6.07, 6.45) is 18.2. The van der Waals surface area contributed by atoms with Gasteiger partial charge in [-0.05, 0) is 70.6 Å². The zero-order chi connectivity index (χ0) is 40.0. The van der Waals surface area contributed by atoms with Crippen molar-refractivity contribution in [2.24, 2.45) is 33.4 Å². The van der Waals surface area contributed by atoms with Gasteiger partial charge in [-0.25, -0.2) is 0 Å². The van der Waals surface area contributed by atoms with Crippen molar-refractivity contribution < 1.29 is 23.6 Å². The van der Waals surface area contributed by atoms with Crippen LogP contribution >= 0.6 is 0 Å². The summed E-state index contributed by atoms with van der Waals surface area (Å²) in [5.74, 6) is 1.31. The van der Waals surface area contributed by atoms with Crippen molar-refractivity contribution in [3.8, 4) is 0 Å². The number of rotatable bonds is 10. The first-order chi connectivity index (χ1) is 26.2. The van der Waals surface area contributed by atoms with E-state index in [0.717, 1.165) is 37.1 Å². The van der Waals surface area contributed by atoms with Crippen molar-refractivity contribution in [1.82, 2.24) is 29.7 Å². The topological polar surface area (TPSA) is 162 Å². The number of esters is 1. The van der Waals surface area contributed by atoms with Crippen molar-refractivity contribution >= 4 is 24.4 Å². The van der Waals surface area contributed by atoms with Gasteiger partial charge < -0.3 is 29.6 Å². The fourth-order valence-corrected chi connectivity index (χ4v) is 8.02. The minimum atomic E-state index is -0.520. The van der Waals surface area contributed by atoms with E-state index in [0.29, 0.717) is 67.1 Å². The Labute approximate surface area is 326 Å². The number of hydrogen-bond acceptors (Lipinski definition) is 11. The number of aromatic nitrogens is 4. The van der Waals surface area contributed by atoms with Crippen LogP contribution in [0.15, 0.2) is 57.4 Å². The summed E-state index contributed by atoms with van der Waals surface area (Å²) in [6.45, 7) is 17.4. The molecule has 1 spiro atoms. The average Bonchev–Trinajstić information content (AvgIpc) is 3.80. The summed E-state index contributed by atoms with van der Waals surface area (Å²) in [4.78, 5) is 49.4. The second-order valence-electron chi connectivity index (χ2n) is 17.3. The molecule has 300 valence electrons. The molecule has 2 saturated carbocycles. The second kappa shape index (κ2) is 17.6. The number of carbonyl (C=O) groups is 3. The second-order valence-corrected chi connectivity index (χ2v) is 17.3. The Morgan fingerprint density at radius 2 is 1.85 bits per heavy atom. The van der Waals surface area contributed by atoms with Gasteiger partial charge in [-0.15, -0.1) is 0 Å². The van der Waals surface area contributed by atoms with Gasteiger partial charge in [0, 0.05) is 68.0 Å². The molecule has 3 unspecified atom stereocenters. The highest BCUT2D eigenvalue weighted by atomic mass is 16.6. The van der Waals surface area contributed by atoms with E-state index in [4.69, 9.17) is 25.1 Å². The number of hydrogen-bond donors (Lipinski definition) is 1. The van der Waals surface area contributed by atoms with Crippen LogP contribution in [-0.2, 0) is 25.7 Å². The van der Waals surface area contributed by atoms with Crippen molar-refractivity contribution in [3.05, 3.63) is 65.2 Å². The molecular formula is C42H62N8O5. The van der Waals surface area contributed by atoms with E-state index in [2.05, 4.69) is 42.0 Å². The van der Waals surface area contributed by atoms with Crippen LogP contribution in [0.1, 0.15) is 116 Å². The largest absolute Gasteiger partial charge is 0.460 e. The maximum Gasteiger partial charge on any atom is 0.313 e. The predicted molar refractivity (Wildman–Crippen MR) is 212 cm³/mol. The molecule has 2 aromatic rings. The SMILES string of the molecule is CC.CC1(C)CC1C=O.CN1CC2(C1)CN(C(=O)/C(C=NCC1=CCC(C(=O)OC(C)(C)C)C=C1)=C/N)CC2c1noc(Cn2ccc(C3CCCC3)n2)n1. The number of nitrogens with zero attached hydrogens (tertiary/aromatic N) is 7. The summed E-state index contributed by atoms with van der Waals surface area (Å²) in [5.41, 5.74) is 8.05. The molecule has 1 amide bonds. The number of allylic oxidation sites excluding steroid dienone is 1. The summed E-state index contributed by atoms with van der Waals surface area (Å²) >= 11 is 0. The molecule has 3 aliphatic carbocycles. The van der Waals surface area contributed by atoms with E-state index in [1.54, 1.807) is 6.21 Å². The summed E-state index contributed by atoms with van der Waals surface area (Å²) < 4.78 is 13.1. The Morgan fingerprint density at radius 3 is 2.42 bits per heavy atom. The van der Waals surface area contributed by atoms with Crippen LogP contribution in [0.3, 0.4) is 0 Å². The van der Waals surface area contributed by atoms with Gasteiger partial charge in [0.2, 0.25) is 5.89 Å². The van der Waals surface area contributed by atoms with Crippen LogP contribution in [0, 0.1) is 22.7 Å². The fraction of sp³-hybridized carbons (Fsp3) is 0.643. The van der Waals surface area contributed by atoms with Gasteiger partial charge >= 0.3 is 5.97 Å². The fourth-order valence-electron chi connectivity index (χ4n) is 8.02. The Bertz CT molecular complexity index is 1770. The van der Waals surface area contributed by atoms with Gasteiger partial charge in [-0.3, -0.25) is 19.3 Å². The molecule has 0 radical (unpaired) electrons. The zero-order valence-electron chi connectivity index (χ0n) is 34.2. The monoisotopic (exact) mass is 758 g/mol. The van der Waals surface area contributed by atoms with Gasteiger partial charge in [0.1, 0.15) is 18.4 Å². The Kier molecular flexibility index (Phi) is 13.4. The minimum absolute atomic E-state index is 0.0526. The van der Waals surface area contributed by atoms with Gasteiger partial charge in [-0.1, -0.05) is 63.9 Å². The molecular weight excluding hydrogens is 697 g/mol. The van der Waals surface area contributed by atoms with Crippen LogP contribution < -0.4 is 5.73 Å². The molecule has 4 heterocycles. The maximum absolute atomic E-state index is 13.7. The van der Waals surface area contributed by atoms with Crippen LogP contribution in [-0.4, -0.2) is 99.5 Å². The zero-order valence-corrected chi connectivity index (χ0v) is 34.2. The summed E-state index contributed by atoms with van der Waals surface area (Å²) in [5, 5.41) is 9.16. The molecule has 13 heteroatoms. The highest BCUT2D eigenvalue weighted by molar-refractivity contribution is 6.12. The predicted octanol–water partition coefficient (Wildman–Crippen LogP) is 5.84. The van der Waals surface area contributed by atoms with E-state index >= 15 is 0 Å². The van der Waals surface area contributed by atoms with E-state index in [1.165, 1.54) is 31.9 Å². The maximum atomic E-state index is 13.7. The number of ether oxygens (including phenoxy) is 1. The quantitative estimate of drug-likeness (QED) is 0.135. The molecule has 2 aliphatic heterocycles. The van der Waals surface area contributed by atoms with Gasteiger partial charge in [0.15, 0.2) is 5.82 Å². The molecule has 0 aromatic carbocycles. The lowest BCUT2D eigenvalue weighted by molar-refractivity contribution is -0.158. The molecule has 2 saturated heterocycles. The number of nitrogens with two attached hydrogens (primary N) is 1. The first kappa shape index (κ1) is 41.8. The lowest BCUT2D eigenvalue weighted by atomic mass is 9.71. The Hall–Kier alpha value is -4.39. The van der Waals surface area contributed by atoms with Crippen molar-refractivity contribution in [1.29, 1.82) is 0 Å². The number of aliphatic imine (C=N–C) groups is 1. The summed E-state index contributed by atoms with van der Waals surface area (Å²) in [7, 11) is 2.08. The van der Waals surface area contributed by atoms with Gasteiger partial charge in [0.25, 0.3) is 5.91 Å². The highest BCUT2D eigenvalue weighted by Crippen LogP contribution is 2.50. The lowest BCUT2D eigenvalue weighted by Gasteiger charge is -2.48. The highest BCUT2D eigenvalue weighted by Gasteiger charge is 2.56. The van der Waals surface area contributed by atoms with Gasteiger partial charge in [-0.2, -0.15) is 10.1 Å². The molecule has 4 fully saturated rings. The van der Waals surface area contributed by atoms with E-state index in [-0.39, 0.29) is 29.1 Å². The molecule has 7 rings (SSSR count). The Balaban J connectivity index is 0.000000573. The number of carbonyl (C=O) groups excluding carboxylic acids is 3. The Morgan fingerprint density at radius 1 is 1.15 bits per heavy atom. The molecule has 5 aliphatic rings. The van der Waals surface area contributed by atoms with Crippen LogP contribution in [0.5, 0.6) is 0 Å². The number of amides is 1. The third kappa shape index (κ3) is 10.5. The van der Waals surface area contributed by atoms with E-state index < -0.39 is 5.60 Å². The van der Waals surface area contributed by atoms with Gasteiger partial charge in [0.05, 0.1) is 23.7 Å². The van der Waals surface area contributed by atoms with E-state index in [9.17, 15) is 14.4 Å². The van der Waals surface area contributed by atoms with Crippen LogP contribution in [0.2, 0.25) is 0 Å². The van der Waals surface area contributed by atoms with Crippen molar-refractivity contribution in [2.75, 3.05) is 39.8 Å². The smallest absolute Gasteiger partial charge is 0.313 e. The van der Waals surface area contributed by atoms with Crippen LogP contribution in [0.4, 0.5) is 0 Å². The first-order valence-electron chi connectivity index (χ1n) is 20.0. The molecule has 2 aromatic heterocycles. The minimum Gasteiger partial charge on any atom is -0.460 e. The van der Waals surface area contributed by atoms with Crippen molar-refractivity contribution in [2.45, 2.75) is 111 Å². The average molecular weight is 759 g/mol. The standard InChI is InChI=1S/C34H46N8O4.C6H10O.C2H6/c1-33(2,3)45-32(44)25-11-9-23(10-12-25)16-36-17-26(15-35)31(43)41-18-27(34(22-41)20-40(4)21-34)30-37-29(46-39-30)19-42-14-13-28(38-42)24-7-5-6-8-24;1-6(2)3-5(6)4-7;1-2/h9-11,13-15,17,24-25,27H,5-8,12,16,18-22,35H2,1-4H3;4-5H,3H2,1-2H3;1-2H3/b26-15+,36-17?;;. The molecule has 3 atom stereocenters. The molecule has 55 heavy (non-hydrogen) atoms. The van der Waals surface area contributed by atoms with Crippen LogP contribution in [0.25, 0.3) is 0 Å². The first-order valence-corrected chi connectivity index (χ1v) is 20.0. The molecule has 13 nitrogen and oxygen atoms in total. The normalized spacial score (nSPS) is 24.4. The third-order valence-corrected chi connectivity index (χ3v) is 11.2. The molecule has 0 bridgehead atoms. The van der Waals surface area contributed by atoms with E-state index in [1.807, 2.05) is 68.6 Å². The van der Waals surface area contributed by atoms with Crippen molar-refractivity contribution in [3.63, 3.8) is 0 Å². The molecule has 2 N–H and O–H groups in total. The number of likely N-dealkylation sites (tertiary alicyclic amines) is 2. The number of aldehydes is 1.